The summed E-state index contributed by atoms with van der Waals surface area (Å²) in [6.45, 7) is 1.34. The number of hydrogen-bond acceptors (Lipinski definition) is 6. The number of para-hydroxylation sites is 8. The molecule has 0 radical (unpaired) electrons. The van der Waals surface area contributed by atoms with E-state index < -0.39 is 52.7 Å². The van der Waals surface area contributed by atoms with Crippen LogP contribution in [0, 0.1) is 6.92 Å². The fourth-order valence-corrected chi connectivity index (χ4v) is 8.54. The molecule has 5 aliphatic rings. The third-order valence-electron chi connectivity index (χ3n) is 10.8. The van der Waals surface area contributed by atoms with Gasteiger partial charge in [0.1, 0.15) is 28.7 Å². The standard InChI is InChI=1S/C45H31F6N3O3/c1-26-41(52-27-14-2-8-20-33(27)55-34-21-9-3-15-28(34)52)39(44(46,47)48)43(54-31-18-6-12-24-37(31)57-38-25-13-7-19-32(38)54)40(45(49,50)51)42(26)53-29-16-4-10-22-35(29)56-36-23-11-5-17-30(36)53/h2-12,14-24,27,33H,13,25H2,1H3. The highest BCUT2D eigenvalue weighted by Gasteiger charge is 2.53. The number of ether oxygens (including phenoxy) is 3. The van der Waals surface area contributed by atoms with Crippen molar-refractivity contribution in [2.45, 2.75) is 44.3 Å². The van der Waals surface area contributed by atoms with Crippen LogP contribution in [0.2, 0.25) is 0 Å². The van der Waals surface area contributed by atoms with Crippen molar-refractivity contribution in [1.29, 1.82) is 0 Å². The Balaban J connectivity index is 1.43. The number of rotatable bonds is 3. The van der Waals surface area contributed by atoms with E-state index in [-0.39, 0.29) is 69.2 Å². The van der Waals surface area contributed by atoms with Crippen LogP contribution in [0.25, 0.3) is 0 Å². The molecule has 3 heterocycles. The quantitative estimate of drug-likeness (QED) is 0.167. The average molecular weight is 776 g/mol. The molecule has 10 rings (SSSR count). The minimum Gasteiger partial charge on any atom is -0.482 e. The van der Waals surface area contributed by atoms with Crippen LogP contribution in [0.5, 0.6) is 23.0 Å². The summed E-state index contributed by atoms with van der Waals surface area (Å²) in [4.78, 5) is 3.98. The summed E-state index contributed by atoms with van der Waals surface area (Å²) >= 11 is 0. The molecule has 0 saturated carbocycles. The average Bonchev–Trinajstić information content (AvgIpc) is 3.20. The fraction of sp³-hybridized carbons (Fsp3) is 0.156. The van der Waals surface area contributed by atoms with Crippen LogP contribution in [0.15, 0.2) is 145 Å². The molecular weight excluding hydrogens is 745 g/mol. The number of allylic oxidation sites excluding steroid dienone is 5. The lowest BCUT2D eigenvalue weighted by molar-refractivity contribution is -0.141. The molecule has 12 heteroatoms. The Bertz CT molecular complexity index is 2560. The van der Waals surface area contributed by atoms with Crippen LogP contribution in [0.1, 0.15) is 29.5 Å². The highest BCUT2D eigenvalue weighted by atomic mass is 19.4. The van der Waals surface area contributed by atoms with Gasteiger partial charge in [-0.3, -0.25) is 0 Å². The Morgan fingerprint density at radius 1 is 0.579 bits per heavy atom. The number of hydrogen-bond donors (Lipinski definition) is 0. The molecular formula is C45H31F6N3O3. The predicted molar refractivity (Wildman–Crippen MR) is 206 cm³/mol. The predicted octanol–water partition coefficient (Wildman–Crippen LogP) is 13.1. The first kappa shape index (κ1) is 34.9. The molecule has 5 aromatic carbocycles. The van der Waals surface area contributed by atoms with Crippen molar-refractivity contribution >= 4 is 39.8 Å². The fourth-order valence-electron chi connectivity index (χ4n) is 8.54. The number of benzene rings is 5. The molecule has 6 nitrogen and oxygen atoms in total. The monoisotopic (exact) mass is 775 g/mol. The normalized spacial score (nSPS) is 19.0. The van der Waals surface area contributed by atoms with E-state index in [2.05, 4.69) is 0 Å². The van der Waals surface area contributed by atoms with Gasteiger partial charge in [0.25, 0.3) is 0 Å². The van der Waals surface area contributed by atoms with Gasteiger partial charge in [-0.05, 0) is 79.6 Å². The van der Waals surface area contributed by atoms with E-state index >= 15 is 26.3 Å². The molecule has 0 fully saturated rings. The first-order valence-corrected chi connectivity index (χ1v) is 18.4. The maximum atomic E-state index is 16.6. The minimum atomic E-state index is -5.35. The van der Waals surface area contributed by atoms with Gasteiger partial charge in [-0.25, -0.2) is 0 Å². The van der Waals surface area contributed by atoms with E-state index in [1.165, 1.54) is 22.8 Å². The second kappa shape index (κ2) is 12.7. The van der Waals surface area contributed by atoms with E-state index in [9.17, 15) is 0 Å². The van der Waals surface area contributed by atoms with E-state index in [1.807, 2.05) is 0 Å². The van der Waals surface area contributed by atoms with Gasteiger partial charge < -0.3 is 28.9 Å². The van der Waals surface area contributed by atoms with Gasteiger partial charge in [0.05, 0.1) is 51.6 Å². The molecule has 0 aromatic heterocycles. The van der Waals surface area contributed by atoms with Gasteiger partial charge in [-0.15, -0.1) is 0 Å². The van der Waals surface area contributed by atoms with Crippen LogP contribution in [0.3, 0.4) is 0 Å². The largest absolute Gasteiger partial charge is 0.482 e. The second-order valence-corrected chi connectivity index (χ2v) is 14.1. The Hall–Kier alpha value is -6.56. The Kier molecular flexibility index (Phi) is 7.80. The summed E-state index contributed by atoms with van der Waals surface area (Å²) in [5.41, 5.74) is -4.34. The first-order chi connectivity index (χ1) is 27.5. The molecule has 3 aliphatic heterocycles. The van der Waals surface area contributed by atoms with Crippen LogP contribution in [0.4, 0.5) is 66.2 Å². The SMILES string of the molecule is Cc1c(N2c3ccccc3Oc3ccccc32)c(C(F)(F)F)c(N2C3=C(CCC=C3)Oc3ccccc32)c(C(F)(F)F)c1N1c2ccccc2OC2C=CC=CC21. The zero-order valence-electron chi connectivity index (χ0n) is 30.1. The number of nitrogens with zero attached hydrogens (tertiary/aromatic N) is 3. The summed E-state index contributed by atoms with van der Waals surface area (Å²) in [7, 11) is 0. The maximum absolute atomic E-state index is 16.6. The van der Waals surface area contributed by atoms with E-state index in [0.29, 0.717) is 6.42 Å². The molecule has 2 atom stereocenters. The van der Waals surface area contributed by atoms with Crippen LogP contribution < -0.4 is 28.9 Å². The van der Waals surface area contributed by atoms with Crippen LogP contribution >= 0.6 is 0 Å². The van der Waals surface area contributed by atoms with Gasteiger partial charge in [0.15, 0.2) is 17.2 Å². The van der Waals surface area contributed by atoms with Gasteiger partial charge in [0.2, 0.25) is 0 Å². The summed E-state index contributed by atoms with van der Waals surface area (Å²) in [6.07, 6.45) is -0.508. The van der Waals surface area contributed by atoms with Crippen LogP contribution in [-0.4, -0.2) is 12.1 Å². The first-order valence-electron chi connectivity index (χ1n) is 18.4. The van der Waals surface area contributed by atoms with E-state index in [0.717, 1.165) is 4.90 Å². The topological polar surface area (TPSA) is 37.4 Å². The molecule has 57 heavy (non-hydrogen) atoms. The number of anilines is 7. The molecule has 5 aromatic rings. The molecule has 0 saturated heterocycles. The van der Waals surface area contributed by atoms with Crippen molar-refractivity contribution in [3.8, 4) is 23.0 Å². The third kappa shape index (κ3) is 5.41. The molecule has 2 aliphatic carbocycles. The summed E-state index contributed by atoms with van der Waals surface area (Å²) in [6, 6.07) is 25.2. The molecule has 0 N–H and O–H groups in total. The number of fused-ring (bicyclic) bond motifs is 5. The van der Waals surface area contributed by atoms with E-state index in [4.69, 9.17) is 14.2 Å². The van der Waals surface area contributed by atoms with E-state index in [1.54, 1.807) is 127 Å². The van der Waals surface area contributed by atoms with Gasteiger partial charge >= 0.3 is 12.4 Å². The highest BCUT2D eigenvalue weighted by molar-refractivity contribution is 5.99. The minimum absolute atomic E-state index is 0.0306. The van der Waals surface area contributed by atoms with Crippen molar-refractivity contribution in [3.05, 3.63) is 162 Å². The lowest BCUT2D eigenvalue weighted by Gasteiger charge is -2.46. The van der Waals surface area contributed by atoms with Crippen molar-refractivity contribution in [3.63, 3.8) is 0 Å². The summed E-state index contributed by atoms with van der Waals surface area (Å²) < 4.78 is 119. The van der Waals surface area contributed by atoms with Crippen molar-refractivity contribution in [2.24, 2.45) is 0 Å². The van der Waals surface area contributed by atoms with Crippen molar-refractivity contribution in [2.75, 3.05) is 14.7 Å². The second-order valence-electron chi connectivity index (χ2n) is 14.1. The van der Waals surface area contributed by atoms with Crippen LogP contribution in [-0.2, 0) is 12.4 Å². The van der Waals surface area contributed by atoms with Crippen molar-refractivity contribution < 1.29 is 40.6 Å². The summed E-state index contributed by atoms with van der Waals surface area (Å²) in [5, 5.41) is 0. The zero-order valence-corrected chi connectivity index (χ0v) is 30.1. The smallest absolute Gasteiger partial charge is 0.420 e. The van der Waals surface area contributed by atoms with Gasteiger partial charge in [0, 0.05) is 6.42 Å². The molecule has 0 amide bonds. The van der Waals surface area contributed by atoms with Gasteiger partial charge in [-0.1, -0.05) is 72.8 Å². The lowest BCUT2D eigenvalue weighted by atomic mass is 9.89. The lowest BCUT2D eigenvalue weighted by Crippen LogP contribution is -2.47. The Morgan fingerprint density at radius 2 is 1.11 bits per heavy atom. The maximum Gasteiger partial charge on any atom is 0.420 e. The van der Waals surface area contributed by atoms with Crippen molar-refractivity contribution in [1.82, 2.24) is 0 Å². The Labute approximate surface area is 323 Å². The zero-order chi connectivity index (χ0) is 39.2. The molecule has 0 bridgehead atoms. The third-order valence-corrected chi connectivity index (χ3v) is 10.8. The Morgan fingerprint density at radius 3 is 1.74 bits per heavy atom. The molecule has 0 spiro atoms. The summed E-state index contributed by atoms with van der Waals surface area (Å²) in [5.74, 6) is 1.16. The number of halogens is 6. The highest BCUT2D eigenvalue weighted by Crippen LogP contribution is 2.63. The number of alkyl halides is 6. The molecule has 2 unspecified atom stereocenters. The molecule has 286 valence electrons. The van der Waals surface area contributed by atoms with Gasteiger partial charge in [-0.2, -0.15) is 26.3 Å².